The molecule has 0 aliphatic heterocycles. The van der Waals surface area contributed by atoms with Gasteiger partial charge in [0.1, 0.15) is 11.6 Å². The van der Waals surface area contributed by atoms with Crippen LogP contribution in [-0.4, -0.2) is 27.7 Å². The van der Waals surface area contributed by atoms with Gasteiger partial charge in [-0.2, -0.15) is 0 Å². The first kappa shape index (κ1) is 10.8. The van der Waals surface area contributed by atoms with Crippen LogP contribution in [0.3, 0.4) is 0 Å². The lowest BCUT2D eigenvalue weighted by atomic mass is 9.82. The minimum Gasteiger partial charge on any atom is -0.393 e. The van der Waals surface area contributed by atoms with Crippen LogP contribution in [0.4, 0.5) is 5.82 Å². The largest absolute Gasteiger partial charge is 0.393 e. The minimum atomic E-state index is -0.129. The Balaban J connectivity index is 1.63. The molecular weight excluding hydrogens is 218 g/mol. The zero-order valence-corrected chi connectivity index (χ0v) is 9.65. The fourth-order valence-electron chi connectivity index (χ4n) is 2.23. The molecule has 5 nitrogen and oxygen atoms in total. The molecule has 0 aromatic carbocycles. The lowest BCUT2D eigenvalue weighted by Crippen LogP contribution is -2.33. The summed E-state index contributed by atoms with van der Waals surface area (Å²) in [6.07, 6.45) is 3.83. The molecule has 1 aromatic rings. The maximum Gasteiger partial charge on any atom is 0.252 e. The number of aliphatic hydroxyl groups excluding tert-OH is 1. The summed E-state index contributed by atoms with van der Waals surface area (Å²) in [5, 5.41) is 12.4. The number of hydrogen-bond acceptors (Lipinski definition) is 4. The summed E-state index contributed by atoms with van der Waals surface area (Å²) in [7, 11) is 0. The average molecular weight is 235 g/mol. The predicted octanol–water partition coefficient (Wildman–Crippen LogP) is 0.830. The molecule has 17 heavy (non-hydrogen) atoms. The lowest BCUT2D eigenvalue weighted by molar-refractivity contribution is 0.0486. The number of aromatic amines is 1. The van der Waals surface area contributed by atoms with Crippen molar-refractivity contribution >= 4 is 5.82 Å². The minimum absolute atomic E-state index is 0.0851. The van der Waals surface area contributed by atoms with Crippen LogP contribution < -0.4 is 10.9 Å². The van der Waals surface area contributed by atoms with E-state index < -0.39 is 0 Å². The first-order valence-electron chi connectivity index (χ1n) is 6.24. The molecule has 2 fully saturated rings. The highest BCUT2D eigenvalue weighted by Gasteiger charge is 2.28. The summed E-state index contributed by atoms with van der Waals surface area (Å²) < 4.78 is 0. The van der Waals surface area contributed by atoms with E-state index in [0.29, 0.717) is 17.7 Å². The molecule has 0 bridgehead atoms. The predicted molar refractivity (Wildman–Crippen MR) is 64.1 cm³/mol. The van der Waals surface area contributed by atoms with Crippen molar-refractivity contribution in [2.24, 2.45) is 5.92 Å². The first-order valence-corrected chi connectivity index (χ1v) is 6.24. The van der Waals surface area contributed by atoms with E-state index in [1.54, 1.807) is 0 Å². The smallest absolute Gasteiger partial charge is 0.252 e. The van der Waals surface area contributed by atoms with Crippen LogP contribution in [0.5, 0.6) is 0 Å². The molecule has 2 aliphatic carbocycles. The van der Waals surface area contributed by atoms with Crippen LogP contribution in [0.1, 0.15) is 37.4 Å². The van der Waals surface area contributed by atoms with E-state index >= 15 is 0 Å². The fourth-order valence-corrected chi connectivity index (χ4v) is 2.23. The third kappa shape index (κ3) is 2.49. The van der Waals surface area contributed by atoms with Gasteiger partial charge in [-0.1, -0.05) is 0 Å². The standard InChI is InChI=1S/C12H17N3O2/c16-9-3-7(4-9)6-13-10-5-11(17)15-12(14-10)8-1-2-8/h5,7-9,16H,1-4,6H2,(H2,13,14,15,17). The number of nitrogens with zero attached hydrogens (tertiary/aromatic N) is 1. The number of H-pyrrole nitrogens is 1. The Bertz CT molecular complexity index is 461. The van der Waals surface area contributed by atoms with E-state index in [9.17, 15) is 9.90 Å². The van der Waals surface area contributed by atoms with Gasteiger partial charge in [-0.05, 0) is 31.6 Å². The highest BCUT2D eigenvalue weighted by molar-refractivity contribution is 5.34. The van der Waals surface area contributed by atoms with Crippen molar-refractivity contribution in [2.45, 2.75) is 37.7 Å². The summed E-state index contributed by atoms with van der Waals surface area (Å²) >= 11 is 0. The van der Waals surface area contributed by atoms with E-state index in [1.165, 1.54) is 6.07 Å². The molecule has 1 aromatic heterocycles. The number of aromatic nitrogens is 2. The van der Waals surface area contributed by atoms with Crippen molar-refractivity contribution in [1.29, 1.82) is 0 Å². The van der Waals surface area contributed by atoms with E-state index in [1.807, 2.05) is 0 Å². The average Bonchev–Trinajstić information content (AvgIpc) is 3.05. The van der Waals surface area contributed by atoms with Gasteiger partial charge in [-0.25, -0.2) is 4.98 Å². The molecule has 5 heteroatoms. The summed E-state index contributed by atoms with van der Waals surface area (Å²) in [4.78, 5) is 18.6. The van der Waals surface area contributed by atoms with Crippen molar-refractivity contribution in [3.63, 3.8) is 0 Å². The Kier molecular flexibility index (Phi) is 2.63. The van der Waals surface area contributed by atoms with Crippen molar-refractivity contribution < 1.29 is 5.11 Å². The Hall–Kier alpha value is -1.36. The van der Waals surface area contributed by atoms with Gasteiger partial charge in [0, 0.05) is 18.5 Å². The molecule has 3 rings (SSSR count). The maximum absolute atomic E-state index is 11.4. The Labute approximate surface area is 99.3 Å². The molecule has 3 N–H and O–H groups in total. The molecule has 2 saturated carbocycles. The lowest BCUT2D eigenvalue weighted by Gasteiger charge is -2.31. The van der Waals surface area contributed by atoms with Crippen LogP contribution in [0.15, 0.2) is 10.9 Å². The SMILES string of the molecule is O=c1cc(NCC2CC(O)C2)nc(C2CC2)[nH]1. The zero-order valence-electron chi connectivity index (χ0n) is 9.65. The van der Waals surface area contributed by atoms with Gasteiger partial charge in [0.25, 0.3) is 5.56 Å². The first-order chi connectivity index (χ1) is 8.20. The highest BCUT2D eigenvalue weighted by atomic mass is 16.3. The Morgan fingerprint density at radius 3 is 2.88 bits per heavy atom. The molecule has 0 radical (unpaired) electrons. The van der Waals surface area contributed by atoms with Gasteiger partial charge in [-0.3, -0.25) is 4.79 Å². The van der Waals surface area contributed by atoms with Gasteiger partial charge < -0.3 is 15.4 Å². The molecular formula is C12H17N3O2. The highest BCUT2D eigenvalue weighted by Crippen LogP contribution is 2.37. The van der Waals surface area contributed by atoms with Crippen molar-refractivity contribution in [2.75, 3.05) is 11.9 Å². The second-order valence-corrected chi connectivity index (χ2v) is 5.16. The Morgan fingerprint density at radius 2 is 2.24 bits per heavy atom. The quantitative estimate of drug-likeness (QED) is 0.722. The molecule has 92 valence electrons. The molecule has 0 saturated heterocycles. The van der Waals surface area contributed by atoms with E-state index in [4.69, 9.17) is 0 Å². The number of anilines is 1. The van der Waals surface area contributed by atoms with Gasteiger partial charge in [-0.15, -0.1) is 0 Å². The summed E-state index contributed by atoms with van der Waals surface area (Å²) in [6, 6.07) is 1.50. The number of rotatable bonds is 4. The van der Waals surface area contributed by atoms with E-state index in [2.05, 4.69) is 15.3 Å². The number of aliphatic hydroxyl groups is 1. The molecule has 0 atom stereocenters. The molecule has 1 heterocycles. The Morgan fingerprint density at radius 1 is 1.47 bits per heavy atom. The second-order valence-electron chi connectivity index (χ2n) is 5.16. The van der Waals surface area contributed by atoms with Crippen molar-refractivity contribution in [1.82, 2.24) is 9.97 Å². The van der Waals surface area contributed by atoms with Crippen LogP contribution >= 0.6 is 0 Å². The van der Waals surface area contributed by atoms with Gasteiger partial charge in [0.05, 0.1) is 6.10 Å². The summed E-state index contributed by atoms with van der Waals surface area (Å²) in [5.41, 5.74) is -0.0851. The van der Waals surface area contributed by atoms with Crippen LogP contribution in [0.25, 0.3) is 0 Å². The molecule has 2 aliphatic rings. The normalized spacial score (nSPS) is 27.6. The fraction of sp³-hybridized carbons (Fsp3) is 0.667. The van der Waals surface area contributed by atoms with Crippen LogP contribution in [0, 0.1) is 5.92 Å². The van der Waals surface area contributed by atoms with Gasteiger partial charge in [0.2, 0.25) is 0 Å². The zero-order chi connectivity index (χ0) is 11.8. The van der Waals surface area contributed by atoms with Crippen LogP contribution in [-0.2, 0) is 0 Å². The summed E-state index contributed by atoms with van der Waals surface area (Å²) in [6.45, 7) is 0.789. The van der Waals surface area contributed by atoms with Gasteiger partial charge in [0.15, 0.2) is 0 Å². The number of hydrogen-bond donors (Lipinski definition) is 3. The molecule has 0 unspecified atom stereocenters. The van der Waals surface area contributed by atoms with Crippen molar-refractivity contribution in [3.8, 4) is 0 Å². The summed E-state index contributed by atoms with van der Waals surface area (Å²) in [5.74, 6) is 2.44. The second kappa shape index (κ2) is 4.14. The number of nitrogens with one attached hydrogen (secondary N) is 2. The monoisotopic (exact) mass is 235 g/mol. The van der Waals surface area contributed by atoms with Gasteiger partial charge >= 0.3 is 0 Å². The third-order valence-electron chi connectivity index (χ3n) is 3.51. The van der Waals surface area contributed by atoms with Crippen LogP contribution in [0.2, 0.25) is 0 Å². The molecule has 0 amide bonds. The molecule has 0 spiro atoms. The van der Waals surface area contributed by atoms with E-state index in [0.717, 1.165) is 38.1 Å². The third-order valence-corrected chi connectivity index (χ3v) is 3.51. The topological polar surface area (TPSA) is 78.0 Å². The van der Waals surface area contributed by atoms with E-state index in [-0.39, 0.29) is 11.7 Å². The van der Waals surface area contributed by atoms with Crippen molar-refractivity contribution in [3.05, 3.63) is 22.2 Å². The maximum atomic E-state index is 11.4.